The van der Waals surface area contributed by atoms with Crippen LogP contribution in [0.3, 0.4) is 0 Å². The van der Waals surface area contributed by atoms with E-state index in [1.54, 1.807) is 12.1 Å². The summed E-state index contributed by atoms with van der Waals surface area (Å²) in [5.41, 5.74) is 0. The summed E-state index contributed by atoms with van der Waals surface area (Å²) in [5, 5.41) is 10.7. The van der Waals surface area contributed by atoms with Gasteiger partial charge in [0, 0.05) is 30.1 Å². The summed E-state index contributed by atoms with van der Waals surface area (Å²) in [5.74, 6) is 1.04. The maximum Gasteiger partial charge on any atom is 0.324 e. The molecular weight excluding hydrogens is 276 g/mol. The lowest BCUT2D eigenvalue weighted by Gasteiger charge is -2.34. The van der Waals surface area contributed by atoms with E-state index in [4.69, 9.17) is 0 Å². The van der Waals surface area contributed by atoms with Crippen molar-refractivity contribution in [3.63, 3.8) is 0 Å². The number of carbonyl (C=O) groups is 1. The highest BCUT2D eigenvalue weighted by Gasteiger charge is 2.24. The third-order valence-electron chi connectivity index (χ3n) is 3.36. The predicted octanol–water partition coefficient (Wildman–Crippen LogP) is 3.17. The minimum atomic E-state index is -0.419. The van der Waals surface area contributed by atoms with E-state index in [2.05, 4.69) is 13.8 Å². The fourth-order valence-corrected chi connectivity index (χ4v) is 3.36. The van der Waals surface area contributed by atoms with Gasteiger partial charge >= 0.3 is 5.00 Å². The fraction of sp³-hybridized carbons (Fsp3) is 0.500. The van der Waals surface area contributed by atoms with Crippen LogP contribution < -0.4 is 0 Å². The molecule has 1 aromatic heterocycles. The monoisotopic (exact) mass is 294 g/mol. The number of amides is 1. The van der Waals surface area contributed by atoms with E-state index in [1.165, 1.54) is 12.1 Å². The summed E-state index contributed by atoms with van der Waals surface area (Å²) in [6, 6.07) is 3.12. The summed E-state index contributed by atoms with van der Waals surface area (Å²) >= 11 is 1.07. The molecule has 0 spiro atoms. The second-order valence-corrected chi connectivity index (χ2v) is 6.55. The van der Waals surface area contributed by atoms with Gasteiger partial charge in [-0.1, -0.05) is 25.2 Å². The largest absolute Gasteiger partial charge is 0.339 e. The zero-order valence-corrected chi connectivity index (χ0v) is 12.4. The van der Waals surface area contributed by atoms with Crippen molar-refractivity contribution >= 4 is 28.3 Å². The summed E-state index contributed by atoms with van der Waals surface area (Å²) in [6.45, 7) is 5.89. The highest BCUT2D eigenvalue weighted by atomic mass is 32.1. The van der Waals surface area contributed by atoms with Gasteiger partial charge in [-0.2, -0.15) is 0 Å². The third kappa shape index (κ3) is 3.66. The van der Waals surface area contributed by atoms with Crippen molar-refractivity contribution in [3.8, 4) is 0 Å². The van der Waals surface area contributed by atoms with E-state index in [-0.39, 0.29) is 10.9 Å². The van der Waals surface area contributed by atoms with Crippen LogP contribution in [-0.4, -0.2) is 28.8 Å². The Bertz CT molecular complexity index is 528. The number of likely N-dealkylation sites (tertiary alicyclic amines) is 1. The SMILES string of the molecule is CC1CC(C)CN(C(=O)/C=C/c2ccc([N+](=O)[O-])s2)C1. The van der Waals surface area contributed by atoms with Gasteiger partial charge in [-0.25, -0.2) is 0 Å². The van der Waals surface area contributed by atoms with Crippen molar-refractivity contribution in [2.24, 2.45) is 11.8 Å². The van der Waals surface area contributed by atoms with E-state index in [1.807, 2.05) is 4.90 Å². The molecule has 0 bridgehead atoms. The van der Waals surface area contributed by atoms with Gasteiger partial charge in [0.05, 0.1) is 4.92 Å². The van der Waals surface area contributed by atoms with Crippen LogP contribution in [0.5, 0.6) is 0 Å². The van der Waals surface area contributed by atoms with Gasteiger partial charge in [-0.15, -0.1) is 0 Å². The highest BCUT2D eigenvalue weighted by Crippen LogP contribution is 2.25. The third-order valence-corrected chi connectivity index (χ3v) is 4.37. The highest BCUT2D eigenvalue weighted by molar-refractivity contribution is 7.16. The average molecular weight is 294 g/mol. The van der Waals surface area contributed by atoms with Crippen molar-refractivity contribution in [2.75, 3.05) is 13.1 Å². The topological polar surface area (TPSA) is 63.5 Å². The molecule has 2 unspecified atom stereocenters. The van der Waals surface area contributed by atoms with Gasteiger partial charge in [0.15, 0.2) is 0 Å². The molecule has 108 valence electrons. The maximum atomic E-state index is 12.1. The van der Waals surface area contributed by atoms with Gasteiger partial charge in [-0.3, -0.25) is 14.9 Å². The van der Waals surface area contributed by atoms with Crippen molar-refractivity contribution in [1.82, 2.24) is 4.90 Å². The number of carbonyl (C=O) groups excluding carboxylic acids is 1. The summed E-state index contributed by atoms with van der Waals surface area (Å²) in [6.07, 6.45) is 4.33. The smallest absolute Gasteiger partial charge is 0.324 e. The molecule has 20 heavy (non-hydrogen) atoms. The summed E-state index contributed by atoms with van der Waals surface area (Å²) in [4.78, 5) is 24.9. The van der Waals surface area contributed by atoms with Gasteiger partial charge in [-0.05, 0) is 30.4 Å². The number of rotatable bonds is 3. The van der Waals surface area contributed by atoms with E-state index >= 15 is 0 Å². The molecular formula is C14H18N2O3S. The lowest BCUT2D eigenvalue weighted by atomic mass is 9.92. The molecule has 1 aromatic rings. The first kappa shape index (κ1) is 14.7. The van der Waals surface area contributed by atoms with Crippen LogP contribution in [0.15, 0.2) is 18.2 Å². The van der Waals surface area contributed by atoms with Crippen LogP contribution in [0.2, 0.25) is 0 Å². The Hall–Kier alpha value is -1.69. The van der Waals surface area contributed by atoms with Crippen LogP contribution in [0.4, 0.5) is 5.00 Å². The van der Waals surface area contributed by atoms with Gasteiger partial charge in [0.1, 0.15) is 0 Å². The molecule has 0 radical (unpaired) electrons. The Morgan fingerprint density at radius 2 is 2.05 bits per heavy atom. The lowest BCUT2D eigenvalue weighted by molar-refractivity contribution is -0.380. The standard InChI is InChI=1S/C14H18N2O3S/c1-10-7-11(2)9-15(8-10)13(17)5-3-12-4-6-14(20-12)16(18)19/h3-6,10-11H,7-9H2,1-2H3/b5-3+. The molecule has 1 fully saturated rings. The molecule has 0 saturated carbocycles. The molecule has 1 aliphatic heterocycles. The Kier molecular flexibility index (Phi) is 4.54. The average Bonchev–Trinajstić information content (AvgIpc) is 2.83. The van der Waals surface area contributed by atoms with Crippen LogP contribution in [0, 0.1) is 22.0 Å². The first-order valence-corrected chi connectivity index (χ1v) is 7.48. The predicted molar refractivity (Wildman–Crippen MR) is 79.5 cm³/mol. The van der Waals surface area contributed by atoms with Crippen molar-refractivity contribution in [2.45, 2.75) is 20.3 Å². The number of nitrogens with zero attached hydrogens (tertiary/aromatic N) is 2. The normalized spacial score (nSPS) is 23.2. The molecule has 1 saturated heterocycles. The van der Waals surface area contributed by atoms with Gasteiger partial charge < -0.3 is 4.90 Å². The van der Waals surface area contributed by atoms with Crippen molar-refractivity contribution < 1.29 is 9.72 Å². The summed E-state index contributed by atoms with van der Waals surface area (Å²) < 4.78 is 0. The van der Waals surface area contributed by atoms with E-state index in [9.17, 15) is 14.9 Å². The number of hydrogen-bond donors (Lipinski definition) is 0. The van der Waals surface area contributed by atoms with Crippen LogP contribution in [-0.2, 0) is 4.79 Å². The second kappa shape index (κ2) is 6.17. The molecule has 1 aliphatic rings. The lowest BCUT2D eigenvalue weighted by Crippen LogP contribution is -2.41. The number of thiophene rings is 1. The number of hydrogen-bond acceptors (Lipinski definition) is 4. The summed E-state index contributed by atoms with van der Waals surface area (Å²) in [7, 11) is 0. The quantitative estimate of drug-likeness (QED) is 0.488. The zero-order chi connectivity index (χ0) is 14.7. The second-order valence-electron chi connectivity index (χ2n) is 5.46. The maximum absolute atomic E-state index is 12.1. The molecule has 2 rings (SSSR count). The van der Waals surface area contributed by atoms with Crippen LogP contribution in [0.25, 0.3) is 6.08 Å². The number of nitro groups is 1. The first-order valence-electron chi connectivity index (χ1n) is 6.67. The number of piperidine rings is 1. The zero-order valence-electron chi connectivity index (χ0n) is 11.6. The Balaban J connectivity index is 1.99. The fourth-order valence-electron chi connectivity index (χ4n) is 2.63. The van der Waals surface area contributed by atoms with Gasteiger partial charge in [0.2, 0.25) is 5.91 Å². The van der Waals surface area contributed by atoms with Gasteiger partial charge in [0.25, 0.3) is 0 Å². The minimum absolute atomic E-state index is 0.0144. The molecule has 2 atom stereocenters. The molecule has 0 aliphatic carbocycles. The minimum Gasteiger partial charge on any atom is -0.339 e. The van der Waals surface area contributed by atoms with Crippen molar-refractivity contribution in [3.05, 3.63) is 33.2 Å². The van der Waals surface area contributed by atoms with Crippen molar-refractivity contribution in [1.29, 1.82) is 0 Å². The van der Waals surface area contributed by atoms with E-state index in [0.29, 0.717) is 11.8 Å². The molecule has 6 heteroatoms. The first-order chi connectivity index (χ1) is 9.45. The molecule has 0 aromatic carbocycles. The van der Waals surface area contributed by atoms with Crippen LogP contribution >= 0.6 is 11.3 Å². The molecule has 1 amide bonds. The van der Waals surface area contributed by atoms with Crippen LogP contribution in [0.1, 0.15) is 25.1 Å². The Labute approximate surface area is 122 Å². The Morgan fingerprint density at radius 3 is 2.60 bits per heavy atom. The van der Waals surface area contributed by atoms with E-state index in [0.717, 1.165) is 35.7 Å². The Morgan fingerprint density at radius 1 is 1.40 bits per heavy atom. The van der Waals surface area contributed by atoms with E-state index < -0.39 is 4.92 Å². The molecule has 2 heterocycles. The molecule has 5 nitrogen and oxygen atoms in total. The molecule has 0 N–H and O–H groups in total.